The Bertz CT molecular complexity index is 807. The Morgan fingerprint density at radius 2 is 2.79 bits per heavy atom. The summed E-state index contributed by atoms with van der Waals surface area (Å²) in [5, 5.41) is 0. The molecule has 0 bridgehead atoms. The van der Waals surface area contributed by atoms with E-state index in [-0.39, 0.29) is 9.50 Å². The van der Waals surface area contributed by atoms with E-state index < -0.39 is 56.6 Å². The molecule has 14 heavy (non-hydrogen) atoms. The predicted molar refractivity (Wildman–Crippen MR) is 60.3 cm³/mol. The molecule has 2 heterocycles. The lowest BCUT2D eigenvalue weighted by molar-refractivity contribution is 0.444. The van der Waals surface area contributed by atoms with Gasteiger partial charge in [0.1, 0.15) is 10.4 Å². The van der Waals surface area contributed by atoms with Crippen molar-refractivity contribution in [2.75, 3.05) is 17.9 Å². The molecule has 0 aliphatic carbocycles. The van der Waals surface area contributed by atoms with E-state index in [0.717, 1.165) is 0 Å². The molecular formula is C10H14BrN3. The van der Waals surface area contributed by atoms with Crippen LogP contribution in [0.1, 0.15) is 38.8 Å². The molecule has 1 atom stereocenters. The van der Waals surface area contributed by atoms with Gasteiger partial charge in [0, 0.05) is 29.4 Å². The first-order chi connectivity index (χ1) is 12.2. The summed E-state index contributed by atoms with van der Waals surface area (Å²) in [4.78, 5) is 6.84. The van der Waals surface area contributed by atoms with Gasteiger partial charge in [0.05, 0.1) is 15.1 Å². The minimum Gasteiger partial charge on any atom is -0.355 e. The van der Waals surface area contributed by atoms with Crippen molar-refractivity contribution in [1.29, 1.82) is 0 Å². The van der Waals surface area contributed by atoms with Crippen molar-refractivity contribution in [2.45, 2.75) is 19.6 Å². The van der Waals surface area contributed by atoms with Gasteiger partial charge in [-0.25, -0.2) is 4.98 Å². The summed E-state index contributed by atoms with van der Waals surface area (Å²) in [6, 6.07) is 0. The molecule has 0 spiro atoms. The van der Waals surface area contributed by atoms with Crippen molar-refractivity contribution < 1.29 is 19.2 Å². The van der Waals surface area contributed by atoms with Crippen LogP contribution in [0.5, 0.6) is 0 Å². The van der Waals surface area contributed by atoms with Crippen molar-refractivity contribution in [3.63, 3.8) is 0 Å². The van der Waals surface area contributed by atoms with E-state index in [4.69, 9.17) is 19.2 Å². The fourth-order valence-electron chi connectivity index (χ4n) is 0.787. The summed E-state index contributed by atoms with van der Waals surface area (Å²) in [6.07, 6.45) is -9.12. The second-order valence-corrected chi connectivity index (χ2v) is 3.00. The largest absolute Gasteiger partial charge is 0.355 e. The Labute approximate surface area is 112 Å². The number of piperidine rings is 1. The van der Waals surface area contributed by atoms with Gasteiger partial charge in [-0.3, -0.25) is 4.98 Å². The third kappa shape index (κ3) is 2.23. The maximum atomic E-state index is 8.24. The van der Waals surface area contributed by atoms with Crippen LogP contribution in [0, 0.1) is 5.89 Å². The third-order valence-electron chi connectivity index (χ3n) is 1.30. The smallest absolute Gasteiger partial charge is 0.148 e. The lowest BCUT2D eigenvalue weighted by atomic mass is 10.0. The molecule has 1 aromatic heterocycles. The molecule has 0 radical (unpaired) electrons. The summed E-state index contributed by atoms with van der Waals surface area (Å²) >= 11 is 2.80. The van der Waals surface area contributed by atoms with Gasteiger partial charge in [-0.15, -0.1) is 0 Å². The normalized spacial score (nSPS) is 57.6. The van der Waals surface area contributed by atoms with Crippen molar-refractivity contribution in [1.82, 2.24) is 9.97 Å². The van der Waals surface area contributed by atoms with Crippen molar-refractivity contribution in [3.8, 4) is 0 Å². The molecular weight excluding hydrogens is 242 g/mol. The molecule has 1 aliphatic heterocycles. The maximum Gasteiger partial charge on any atom is 0.148 e. The van der Waals surface area contributed by atoms with Crippen LogP contribution >= 0.6 is 15.9 Å². The number of anilines is 1. The van der Waals surface area contributed by atoms with Gasteiger partial charge < -0.3 is 4.90 Å². The number of nitrogens with zero attached hydrogens (tertiary/aromatic N) is 3. The molecule has 76 valence electrons. The minimum atomic E-state index is -3.84. The summed E-state index contributed by atoms with van der Waals surface area (Å²) < 4.78 is 110. The molecule has 3 nitrogen and oxygen atoms in total. The molecule has 0 aromatic carbocycles. The molecule has 2 rings (SSSR count). The summed E-state index contributed by atoms with van der Waals surface area (Å²) in [6.45, 7) is -11.1. The fourth-order valence-corrected chi connectivity index (χ4v) is 1.04. The monoisotopic (exact) mass is 269 g/mol. The molecule has 0 amide bonds. The predicted octanol–water partition coefficient (Wildman–Crippen LogP) is 2.48. The van der Waals surface area contributed by atoms with E-state index in [1.165, 1.54) is 0 Å². The van der Waals surface area contributed by atoms with Crippen LogP contribution in [0.15, 0.2) is 16.9 Å². The average Bonchev–Trinajstić information content (AvgIpc) is 2.48. The third-order valence-corrected chi connectivity index (χ3v) is 1.65. The van der Waals surface area contributed by atoms with E-state index in [9.17, 15) is 0 Å². The first-order valence-electron chi connectivity index (χ1n) is 10.5. The number of rotatable bonds is 1. The Balaban J connectivity index is 2.99. The first-order valence-corrected chi connectivity index (χ1v) is 4.30. The lowest BCUT2D eigenvalue weighted by Crippen LogP contribution is -2.34. The zero-order valence-electron chi connectivity index (χ0n) is 20.7. The number of hydrogen-bond acceptors (Lipinski definition) is 3. The highest BCUT2D eigenvalue weighted by molar-refractivity contribution is 9.10. The van der Waals surface area contributed by atoms with Gasteiger partial charge >= 0.3 is 0 Å². The van der Waals surface area contributed by atoms with E-state index in [0.29, 0.717) is 0 Å². The van der Waals surface area contributed by atoms with Gasteiger partial charge in [-0.1, -0.05) is 6.85 Å². The topological polar surface area (TPSA) is 29.0 Å². The van der Waals surface area contributed by atoms with Crippen molar-refractivity contribution in [3.05, 3.63) is 16.9 Å². The average molecular weight is 270 g/mol. The van der Waals surface area contributed by atoms with E-state index in [1.54, 1.807) is 0 Å². The summed E-state index contributed by atoms with van der Waals surface area (Å²) in [5.74, 6) is -4.82. The van der Waals surface area contributed by atoms with Gasteiger partial charge in [0.25, 0.3) is 0 Å². The van der Waals surface area contributed by atoms with E-state index in [2.05, 4.69) is 25.9 Å². The first kappa shape index (κ1) is 2.54. The molecule has 1 fully saturated rings. The Morgan fingerprint density at radius 1 is 1.86 bits per heavy atom. The highest BCUT2D eigenvalue weighted by Crippen LogP contribution is 2.21. The zero-order chi connectivity index (χ0) is 22.3. The van der Waals surface area contributed by atoms with Crippen molar-refractivity contribution >= 4 is 21.7 Å². The fraction of sp³-hybridized carbons (Fsp3) is 0.600. The second kappa shape index (κ2) is 4.26. The van der Waals surface area contributed by atoms with Crippen LogP contribution in [0.2, 0.25) is 0 Å². The molecule has 1 unspecified atom stereocenters. The number of aromatic nitrogens is 2. The maximum absolute atomic E-state index is 8.24. The Morgan fingerprint density at radius 3 is 3.64 bits per heavy atom. The molecule has 0 N–H and O–H groups in total. The standard InChI is InChI=1S/C10H14BrN3/c1-8-3-2-4-14(7-8)10-6-12-5-9(11)13-10/h5-6,8H,2-4,7H2,1H3/i1D3,2D2,3D2,4D2,5D,6D,7D2,8D. The number of hydrogen-bond donors (Lipinski definition) is 0. The van der Waals surface area contributed by atoms with Gasteiger partial charge in [0.2, 0.25) is 0 Å². The Hall–Kier alpha value is -0.640. The van der Waals surface area contributed by atoms with E-state index >= 15 is 0 Å². The lowest BCUT2D eigenvalue weighted by Gasteiger charge is -2.31. The van der Waals surface area contributed by atoms with Crippen LogP contribution < -0.4 is 4.90 Å². The van der Waals surface area contributed by atoms with E-state index in [1.807, 2.05) is 0 Å². The number of halogens is 1. The highest BCUT2D eigenvalue weighted by atomic mass is 79.9. The van der Waals surface area contributed by atoms with Crippen LogP contribution in [0.25, 0.3) is 0 Å². The molecule has 1 aliphatic rings. The summed E-state index contributed by atoms with van der Waals surface area (Å²) in [7, 11) is 0. The molecule has 1 saturated heterocycles. The molecule has 1 aromatic rings. The Kier molecular flexibility index (Phi) is 0.771. The van der Waals surface area contributed by atoms with Crippen LogP contribution in [-0.2, 0) is 0 Å². The summed E-state index contributed by atoms with van der Waals surface area (Å²) in [5.41, 5.74) is 0. The SMILES string of the molecule is [2H]c1nc([2H])c(N2C([2H])([2H])C([2H])([2H])C([2H])([2H])C([2H])(C([2H])([2H])[2H])C2([2H])[2H])nc1Br. The van der Waals surface area contributed by atoms with Crippen molar-refractivity contribution in [2.24, 2.45) is 5.89 Å². The van der Waals surface area contributed by atoms with Gasteiger partial charge in [-0.2, -0.15) is 0 Å². The highest BCUT2D eigenvalue weighted by Gasteiger charge is 2.17. The van der Waals surface area contributed by atoms with Gasteiger partial charge in [-0.05, 0) is 34.6 Å². The second-order valence-electron chi connectivity index (χ2n) is 2.25. The molecule has 4 heteroatoms. The van der Waals surface area contributed by atoms with Crippen LogP contribution in [0.4, 0.5) is 5.82 Å². The quantitative estimate of drug-likeness (QED) is 0.785. The minimum absolute atomic E-state index is 0.180. The molecule has 0 saturated carbocycles. The van der Waals surface area contributed by atoms with Gasteiger partial charge in [0.15, 0.2) is 0 Å². The van der Waals surface area contributed by atoms with Crippen LogP contribution in [-0.4, -0.2) is 23.0 Å². The zero-order valence-corrected chi connectivity index (χ0v) is 8.31. The van der Waals surface area contributed by atoms with Crippen LogP contribution in [0.3, 0.4) is 0 Å².